The molecule has 0 unspecified atom stereocenters. The molecule has 1 aromatic heterocycles. The number of furan rings is 1. The van der Waals surface area contributed by atoms with Gasteiger partial charge in [-0.25, -0.2) is 9.18 Å². The quantitative estimate of drug-likeness (QED) is 0.532. The summed E-state index contributed by atoms with van der Waals surface area (Å²) in [6.07, 6.45) is 0. The van der Waals surface area contributed by atoms with Crippen molar-refractivity contribution in [2.45, 2.75) is 6.92 Å². The number of para-hydroxylation sites is 1. The topological polar surface area (TPSA) is 57.9 Å². The van der Waals surface area contributed by atoms with Gasteiger partial charge in [-0.2, -0.15) is 0 Å². The Bertz CT molecular complexity index is 891. The first kappa shape index (κ1) is 15.9. The third-order valence-corrected chi connectivity index (χ3v) is 3.66. The lowest BCUT2D eigenvalue weighted by atomic mass is 10.1. The molecule has 5 nitrogen and oxygen atoms in total. The molecule has 0 aliphatic heterocycles. The molecule has 0 radical (unpaired) electrons. The molecule has 124 valence electrons. The third kappa shape index (κ3) is 2.67. The number of carbonyl (C=O) groups is 1. The van der Waals surface area contributed by atoms with Crippen LogP contribution in [0.2, 0.25) is 0 Å². The molecule has 0 saturated heterocycles. The van der Waals surface area contributed by atoms with Crippen molar-refractivity contribution >= 4 is 16.9 Å². The van der Waals surface area contributed by atoms with E-state index in [1.807, 2.05) is 0 Å². The van der Waals surface area contributed by atoms with E-state index in [4.69, 9.17) is 18.6 Å². The van der Waals surface area contributed by atoms with Gasteiger partial charge in [0.2, 0.25) is 11.5 Å². The minimum Gasteiger partial charge on any atom is -0.493 e. The second-order valence-corrected chi connectivity index (χ2v) is 5.08. The summed E-state index contributed by atoms with van der Waals surface area (Å²) in [6, 6.07) is 9.05. The van der Waals surface area contributed by atoms with Gasteiger partial charge in [-0.1, -0.05) is 6.07 Å². The van der Waals surface area contributed by atoms with Crippen molar-refractivity contribution in [3.63, 3.8) is 0 Å². The van der Waals surface area contributed by atoms with Crippen LogP contribution in [0.25, 0.3) is 11.0 Å². The number of fused-ring (bicyclic) bond motifs is 1. The lowest BCUT2D eigenvalue weighted by Crippen LogP contribution is -2.10. The fourth-order valence-corrected chi connectivity index (χ4v) is 2.44. The SMILES string of the molecule is COc1cccc(OC)c1OC(=O)c1oc2ccc(F)cc2c1C. The molecule has 3 rings (SSSR count). The highest BCUT2D eigenvalue weighted by atomic mass is 19.1. The Morgan fingerprint density at radius 1 is 1.08 bits per heavy atom. The van der Waals surface area contributed by atoms with Crippen LogP contribution < -0.4 is 14.2 Å². The number of methoxy groups -OCH3 is 2. The number of halogens is 1. The van der Waals surface area contributed by atoms with Crippen LogP contribution in [0.3, 0.4) is 0 Å². The molecule has 3 aromatic rings. The minimum absolute atomic E-state index is 0.00330. The highest BCUT2D eigenvalue weighted by molar-refractivity contribution is 5.97. The van der Waals surface area contributed by atoms with Crippen molar-refractivity contribution in [1.29, 1.82) is 0 Å². The Morgan fingerprint density at radius 3 is 2.38 bits per heavy atom. The van der Waals surface area contributed by atoms with Gasteiger partial charge >= 0.3 is 5.97 Å². The van der Waals surface area contributed by atoms with Gasteiger partial charge in [0.15, 0.2) is 11.5 Å². The van der Waals surface area contributed by atoms with Crippen molar-refractivity contribution in [3.05, 3.63) is 53.5 Å². The highest BCUT2D eigenvalue weighted by Gasteiger charge is 2.23. The fourth-order valence-electron chi connectivity index (χ4n) is 2.44. The summed E-state index contributed by atoms with van der Waals surface area (Å²) < 4.78 is 34.7. The van der Waals surface area contributed by atoms with E-state index in [1.54, 1.807) is 25.1 Å². The highest BCUT2D eigenvalue weighted by Crippen LogP contribution is 2.38. The Morgan fingerprint density at radius 2 is 1.75 bits per heavy atom. The van der Waals surface area contributed by atoms with E-state index in [1.165, 1.54) is 32.4 Å². The summed E-state index contributed by atoms with van der Waals surface area (Å²) >= 11 is 0. The third-order valence-electron chi connectivity index (χ3n) is 3.66. The molecular weight excluding hydrogens is 315 g/mol. The summed E-state index contributed by atoms with van der Waals surface area (Å²) in [4.78, 5) is 12.5. The lowest BCUT2D eigenvalue weighted by molar-refractivity contribution is 0.0692. The standard InChI is InChI=1S/C18H15FO5/c1-10-12-9-11(19)7-8-13(12)23-16(10)18(20)24-17-14(21-2)5-4-6-15(17)22-3/h4-9H,1-3H3. The van der Waals surface area contributed by atoms with E-state index in [9.17, 15) is 9.18 Å². The van der Waals surface area contributed by atoms with Gasteiger partial charge in [0.05, 0.1) is 14.2 Å². The maximum atomic E-state index is 13.4. The fraction of sp³-hybridized carbons (Fsp3) is 0.167. The average Bonchev–Trinajstić information content (AvgIpc) is 2.91. The van der Waals surface area contributed by atoms with E-state index in [0.29, 0.717) is 28.0 Å². The molecule has 1 heterocycles. The van der Waals surface area contributed by atoms with E-state index < -0.39 is 11.8 Å². The number of esters is 1. The van der Waals surface area contributed by atoms with Crippen molar-refractivity contribution in [3.8, 4) is 17.2 Å². The number of hydrogen-bond donors (Lipinski definition) is 0. The van der Waals surface area contributed by atoms with Crippen LogP contribution in [-0.4, -0.2) is 20.2 Å². The Labute approximate surface area is 137 Å². The normalized spacial score (nSPS) is 10.7. The molecule has 0 amide bonds. The molecule has 0 spiro atoms. The number of ether oxygens (including phenoxy) is 3. The van der Waals surface area contributed by atoms with Crippen LogP contribution >= 0.6 is 0 Å². The Kier molecular flexibility index (Phi) is 4.12. The monoisotopic (exact) mass is 330 g/mol. The van der Waals surface area contributed by atoms with Crippen molar-refractivity contribution in [2.75, 3.05) is 14.2 Å². The van der Waals surface area contributed by atoms with E-state index in [-0.39, 0.29) is 11.5 Å². The molecular formula is C18H15FO5. The van der Waals surface area contributed by atoms with Crippen LogP contribution in [0.1, 0.15) is 16.1 Å². The number of rotatable bonds is 4. The second kappa shape index (κ2) is 6.23. The van der Waals surface area contributed by atoms with Crippen LogP contribution in [0.15, 0.2) is 40.8 Å². The zero-order valence-corrected chi connectivity index (χ0v) is 13.4. The number of carbonyl (C=O) groups excluding carboxylic acids is 1. The summed E-state index contributed by atoms with van der Waals surface area (Å²) in [5.74, 6) is -0.267. The zero-order chi connectivity index (χ0) is 17.3. The number of benzene rings is 2. The van der Waals surface area contributed by atoms with Crippen molar-refractivity contribution in [2.24, 2.45) is 0 Å². The van der Waals surface area contributed by atoms with Gasteiger partial charge in [0.1, 0.15) is 11.4 Å². The molecule has 2 aromatic carbocycles. The molecule has 0 fully saturated rings. The number of hydrogen-bond acceptors (Lipinski definition) is 5. The molecule has 0 N–H and O–H groups in total. The minimum atomic E-state index is -0.716. The number of aryl methyl sites for hydroxylation is 1. The van der Waals surface area contributed by atoms with Gasteiger partial charge in [0.25, 0.3) is 0 Å². The molecule has 0 bridgehead atoms. The Hall–Kier alpha value is -3.02. The molecule has 6 heteroatoms. The van der Waals surface area contributed by atoms with Crippen LogP contribution in [0.5, 0.6) is 17.2 Å². The summed E-state index contributed by atoms with van der Waals surface area (Å²) in [6.45, 7) is 1.67. The smallest absolute Gasteiger partial charge is 0.380 e. The molecule has 0 saturated carbocycles. The summed E-state index contributed by atoms with van der Waals surface area (Å²) in [5, 5.41) is 0.522. The maximum absolute atomic E-state index is 13.4. The first-order chi connectivity index (χ1) is 11.5. The maximum Gasteiger partial charge on any atom is 0.380 e. The summed E-state index contributed by atoms with van der Waals surface area (Å²) in [7, 11) is 2.92. The zero-order valence-electron chi connectivity index (χ0n) is 13.4. The van der Waals surface area contributed by atoms with Gasteiger partial charge in [-0.05, 0) is 37.3 Å². The van der Waals surface area contributed by atoms with Gasteiger partial charge < -0.3 is 18.6 Å². The van der Waals surface area contributed by atoms with Gasteiger partial charge in [0, 0.05) is 10.9 Å². The predicted molar refractivity (Wildman–Crippen MR) is 85.4 cm³/mol. The largest absolute Gasteiger partial charge is 0.493 e. The average molecular weight is 330 g/mol. The van der Waals surface area contributed by atoms with Gasteiger partial charge in [-0.15, -0.1) is 0 Å². The van der Waals surface area contributed by atoms with E-state index >= 15 is 0 Å². The first-order valence-electron chi connectivity index (χ1n) is 7.17. The Balaban J connectivity index is 2.01. The van der Waals surface area contributed by atoms with Crippen molar-refractivity contribution < 1.29 is 27.8 Å². The predicted octanol–water partition coefficient (Wildman–Crippen LogP) is 4.12. The molecule has 24 heavy (non-hydrogen) atoms. The van der Waals surface area contributed by atoms with Crippen LogP contribution in [0.4, 0.5) is 4.39 Å². The molecule has 0 aliphatic carbocycles. The van der Waals surface area contributed by atoms with E-state index in [2.05, 4.69) is 0 Å². The van der Waals surface area contributed by atoms with Crippen molar-refractivity contribution in [1.82, 2.24) is 0 Å². The summed E-state index contributed by atoms with van der Waals surface area (Å²) in [5.41, 5.74) is 0.913. The van der Waals surface area contributed by atoms with Crippen LogP contribution in [0, 0.1) is 12.7 Å². The van der Waals surface area contributed by atoms with Gasteiger partial charge in [-0.3, -0.25) is 0 Å². The van der Waals surface area contributed by atoms with E-state index in [0.717, 1.165) is 0 Å². The first-order valence-corrected chi connectivity index (χ1v) is 7.17. The molecule has 0 aliphatic rings. The van der Waals surface area contributed by atoms with Crippen LogP contribution in [-0.2, 0) is 0 Å². The molecule has 0 atom stereocenters. The second-order valence-electron chi connectivity index (χ2n) is 5.08. The lowest BCUT2D eigenvalue weighted by Gasteiger charge is -2.12.